The minimum Gasteiger partial charge on any atom is -0.350 e. The van der Waals surface area contributed by atoms with Crippen molar-refractivity contribution in [2.45, 2.75) is 64.1 Å². The lowest BCUT2D eigenvalue weighted by Crippen LogP contribution is -2.55. The molecule has 3 rings (SSSR count). The molecule has 0 aliphatic heterocycles. The molecule has 1 N–H and O–H groups in total. The Morgan fingerprint density at radius 1 is 1.00 bits per heavy atom. The van der Waals surface area contributed by atoms with Crippen molar-refractivity contribution in [2.24, 2.45) is 0 Å². The number of aryl methyl sites for hydroxylation is 1. The van der Waals surface area contributed by atoms with Crippen LogP contribution in [0.3, 0.4) is 0 Å². The van der Waals surface area contributed by atoms with E-state index < -0.39 is 39.9 Å². The molecule has 3 aromatic rings. The molecule has 214 valence electrons. The van der Waals surface area contributed by atoms with Crippen LogP contribution in [-0.2, 0) is 26.2 Å². The molecule has 3 aromatic carbocycles. The molecule has 2 amide bonds. The zero-order chi connectivity index (χ0) is 29.7. The quantitative estimate of drug-likeness (QED) is 0.329. The molecule has 40 heavy (non-hydrogen) atoms. The summed E-state index contributed by atoms with van der Waals surface area (Å²) in [5.74, 6) is -1.41. The fraction of sp³-hybridized carbons (Fsp3) is 0.333. The lowest BCUT2D eigenvalue weighted by Gasteiger charge is -2.34. The van der Waals surface area contributed by atoms with Gasteiger partial charge in [0.15, 0.2) is 0 Å². The number of benzene rings is 3. The van der Waals surface area contributed by atoms with Crippen LogP contribution in [0.15, 0.2) is 77.7 Å². The van der Waals surface area contributed by atoms with Crippen LogP contribution in [0.25, 0.3) is 0 Å². The monoisotopic (exact) mass is 587 g/mol. The number of sulfonamides is 1. The van der Waals surface area contributed by atoms with Crippen LogP contribution in [0.1, 0.15) is 45.2 Å². The molecule has 1 unspecified atom stereocenters. The summed E-state index contributed by atoms with van der Waals surface area (Å²) < 4.78 is 42.3. The van der Waals surface area contributed by atoms with Crippen LogP contribution in [0.2, 0.25) is 5.02 Å². The van der Waals surface area contributed by atoms with E-state index in [0.29, 0.717) is 10.6 Å². The van der Waals surface area contributed by atoms with E-state index in [1.165, 1.54) is 47.4 Å². The molecule has 10 heteroatoms. The summed E-state index contributed by atoms with van der Waals surface area (Å²) in [4.78, 5) is 28.7. The number of hydrogen-bond donors (Lipinski definition) is 1. The maximum Gasteiger partial charge on any atom is 0.264 e. The zero-order valence-corrected chi connectivity index (χ0v) is 24.9. The third-order valence-corrected chi connectivity index (χ3v) is 8.40. The number of nitrogens with one attached hydrogen (secondary N) is 1. The van der Waals surface area contributed by atoms with E-state index in [9.17, 15) is 22.4 Å². The summed E-state index contributed by atoms with van der Waals surface area (Å²) in [6.45, 7) is 8.45. The summed E-state index contributed by atoms with van der Waals surface area (Å²) >= 11 is 6.35. The average molecular weight is 588 g/mol. The summed E-state index contributed by atoms with van der Waals surface area (Å²) in [6, 6.07) is 17.3. The number of hydrogen-bond acceptors (Lipinski definition) is 4. The maximum atomic E-state index is 14.0. The van der Waals surface area contributed by atoms with Gasteiger partial charge in [0.2, 0.25) is 11.8 Å². The fourth-order valence-electron chi connectivity index (χ4n) is 4.14. The van der Waals surface area contributed by atoms with Gasteiger partial charge in [-0.1, -0.05) is 54.9 Å². The molecule has 0 aromatic heterocycles. The highest BCUT2D eigenvalue weighted by molar-refractivity contribution is 7.92. The summed E-state index contributed by atoms with van der Waals surface area (Å²) in [7, 11) is -4.20. The van der Waals surface area contributed by atoms with E-state index in [1.54, 1.807) is 44.2 Å². The smallest absolute Gasteiger partial charge is 0.264 e. The summed E-state index contributed by atoms with van der Waals surface area (Å²) in [5, 5.41) is 3.26. The van der Waals surface area contributed by atoms with Crippen molar-refractivity contribution in [3.05, 3.63) is 94.8 Å². The Bertz CT molecular complexity index is 1440. The predicted molar refractivity (Wildman–Crippen MR) is 156 cm³/mol. The highest BCUT2D eigenvalue weighted by Crippen LogP contribution is 2.28. The Morgan fingerprint density at radius 2 is 1.62 bits per heavy atom. The zero-order valence-electron chi connectivity index (χ0n) is 23.3. The molecular formula is C30H35ClFN3O4S. The van der Waals surface area contributed by atoms with Gasteiger partial charge in [-0.05, 0) is 81.6 Å². The molecule has 0 radical (unpaired) electrons. The second-order valence-electron chi connectivity index (χ2n) is 10.6. The van der Waals surface area contributed by atoms with Crippen molar-refractivity contribution < 1.29 is 22.4 Å². The van der Waals surface area contributed by atoms with E-state index in [2.05, 4.69) is 5.32 Å². The van der Waals surface area contributed by atoms with Crippen molar-refractivity contribution in [1.29, 1.82) is 0 Å². The van der Waals surface area contributed by atoms with Crippen molar-refractivity contribution in [2.75, 3.05) is 10.8 Å². The van der Waals surface area contributed by atoms with E-state index in [-0.39, 0.29) is 29.5 Å². The molecule has 0 saturated carbocycles. The van der Waals surface area contributed by atoms with Gasteiger partial charge in [-0.15, -0.1) is 0 Å². The first-order valence-electron chi connectivity index (χ1n) is 12.9. The minimum absolute atomic E-state index is 0.00194. The van der Waals surface area contributed by atoms with E-state index >= 15 is 0 Å². The predicted octanol–water partition coefficient (Wildman–Crippen LogP) is 5.70. The third kappa shape index (κ3) is 7.82. The van der Waals surface area contributed by atoms with Crippen LogP contribution >= 0.6 is 11.6 Å². The molecule has 7 nitrogen and oxygen atoms in total. The fourth-order valence-corrected chi connectivity index (χ4v) is 5.75. The molecule has 0 heterocycles. The lowest BCUT2D eigenvalue weighted by molar-refractivity contribution is -0.141. The Kier molecular flexibility index (Phi) is 9.97. The van der Waals surface area contributed by atoms with Crippen molar-refractivity contribution in [3.63, 3.8) is 0 Å². The number of carbonyl (C=O) groups is 2. The first-order chi connectivity index (χ1) is 18.7. The molecule has 0 bridgehead atoms. The SMILES string of the molecule is CCC(C(=O)NC(C)(C)C)N(Cc1ccc(F)cc1)C(=O)CN(c1ccc(C)c(Cl)c1)S(=O)(=O)c1ccccc1. The number of rotatable bonds is 10. The van der Waals surface area contributed by atoms with Gasteiger partial charge in [0, 0.05) is 17.1 Å². The molecular weight excluding hydrogens is 553 g/mol. The number of halogens is 2. The highest BCUT2D eigenvalue weighted by atomic mass is 35.5. The van der Waals surface area contributed by atoms with Crippen LogP contribution in [0, 0.1) is 12.7 Å². The largest absolute Gasteiger partial charge is 0.350 e. The first-order valence-corrected chi connectivity index (χ1v) is 14.7. The molecule has 0 saturated heterocycles. The number of anilines is 1. The molecule has 0 aliphatic carbocycles. The van der Waals surface area contributed by atoms with E-state index in [0.717, 1.165) is 9.87 Å². The van der Waals surface area contributed by atoms with Gasteiger partial charge in [0.25, 0.3) is 10.0 Å². The Morgan fingerprint density at radius 3 is 2.17 bits per heavy atom. The summed E-state index contributed by atoms with van der Waals surface area (Å²) in [5.41, 5.74) is 0.988. The lowest BCUT2D eigenvalue weighted by atomic mass is 10.1. The number of nitrogens with zero attached hydrogens (tertiary/aromatic N) is 2. The van der Waals surface area contributed by atoms with Gasteiger partial charge >= 0.3 is 0 Å². The molecule has 0 spiro atoms. The van der Waals surface area contributed by atoms with Gasteiger partial charge in [0.1, 0.15) is 18.4 Å². The van der Waals surface area contributed by atoms with Crippen molar-refractivity contribution in [3.8, 4) is 0 Å². The second kappa shape index (κ2) is 12.8. The van der Waals surface area contributed by atoms with Gasteiger partial charge in [0.05, 0.1) is 10.6 Å². The average Bonchev–Trinajstić information content (AvgIpc) is 2.89. The topological polar surface area (TPSA) is 86.8 Å². The normalized spacial score (nSPS) is 12.5. The number of amides is 2. The minimum atomic E-state index is -4.20. The van der Waals surface area contributed by atoms with E-state index in [1.807, 2.05) is 20.8 Å². The first kappa shape index (κ1) is 31.1. The highest BCUT2D eigenvalue weighted by Gasteiger charge is 2.34. The number of carbonyl (C=O) groups excluding carboxylic acids is 2. The van der Waals surface area contributed by atoms with Crippen molar-refractivity contribution >= 4 is 39.1 Å². The van der Waals surface area contributed by atoms with Crippen LogP contribution in [0.4, 0.5) is 10.1 Å². The molecule has 1 atom stereocenters. The molecule has 0 aliphatic rings. The van der Waals surface area contributed by atoms with Gasteiger partial charge in [-0.3, -0.25) is 13.9 Å². The van der Waals surface area contributed by atoms with Crippen LogP contribution in [0.5, 0.6) is 0 Å². The second-order valence-corrected chi connectivity index (χ2v) is 12.8. The maximum absolute atomic E-state index is 14.0. The Balaban J connectivity index is 2.08. The third-order valence-electron chi connectivity index (χ3n) is 6.20. The molecule has 0 fully saturated rings. The van der Waals surface area contributed by atoms with Gasteiger partial charge in [-0.25, -0.2) is 12.8 Å². The van der Waals surface area contributed by atoms with E-state index in [4.69, 9.17) is 11.6 Å². The Labute approximate surface area is 241 Å². The Hall–Kier alpha value is -3.43. The van der Waals surface area contributed by atoms with Crippen LogP contribution in [-0.4, -0.2) is 43.3 Å². The summed E-state index contributed by atoms with van der Waals surface area (Å²) in [6.07, 6.45) is 0.274. The van der Waals surface area contributed by atoms with Gasteiger partial charge < -0.3 is 10.2 Å². The van der Waals surface area contributed by atoms with Gasteiger partial charge in [-0.2, -0.15) is 0 Å². The van der Waals surface area contributed by atoms with Crippen molar-refractivity contribution in [1.82, 2.24) is 10.2 Å². The van der Waals surface area contributed by atoms with Crippen LogP contribution < -0.4 is 9.62 Å². The standard InChI is InChI=1S/C30H35ClFN3O4S/c1-6-27(29(37)33-30(3,4)5)34(19-22-13-15-23(32)16-14-22)28(36)20-35(24-17-12-21(2)26(31)18-24)40(38,39)25-10-8-7-9-11-25/h7-18,27H,6,19-20H2,1-5H3,(H,33,37).